The SMILES string of the molecule is O=C(O)C1CCCC(NCc2sc3ccccc3c2Cl)C1. The third-order valence-corrected chi connectivity index (χ3v) is 5.89. The number of hydrogen-bond acceptors (Lipinski definition) is 3. The number of carboxylic acid groups (broad SMARTS) is 1. The van der Waals surface area contributed by atoms with E-state index in [2.05, 4.69) is 11.4 Å². The standard InChI is InChI=1S/C16H18ClNO2S/c17-15-12-6-1-2-7-13(12)21-14(15)9-18-11-5-3-4-10(8-11)16(19)20/h1-2,6-7,10-11,18H,3-5,8-9H2,(H,19,20). The van der Waals surface area contributed by atoms with Gasteiger partial charge in [0.25, 0.3) is 0 Å². The highest BCUT2D eigenvalue weighted by molar-refractivity contribution is 7.19. The number of rotatable bonds is 4. The van der Waals surface area contributed by atoms with Crippen molar-refractivity contribution in [1.29, 1.82) is 0 Å². The first-order chi connectivity index (χ1) is 10.1. The average Bonchev–Trinajstić information content (AvgIpc) is 2.82. The van der Waals surface area contributed by atoms with Crippen LogP contribution in [0.3, 0.4) is 0 Å². The molecule has 1 aromatic carbocycles. The molecule has 21 heavy (non-hydrogen) atoms. The Morgan fingerprint density at radius 1 is 1.38 bits per heavy atom. The van der Waals surface area contributed by atoms with Crippen molar-refractivity contribution in [2.45, 2.75) is 38.3 Å². The molecule has 112 valence electrons. The lowest BCUT2D eigenvalue weighted by molar-refractivity contribution is -0.143. The van der Waals surface area contributed by atoms with Crippen LogP contribution in [0.1, 0.15) is 30.6 Å². The normalized spacial score (nSPS) is 22.5. The van der Waals surface area contributed by atoms with Crippen LogP contribution in [0.5, 0.6) is 0 Å². The van der Waals surface area contributed by atoms with Gasteiger partial charge < -0.3 is 10.4 Å². The van der Waals surface area contributed by atoms with Gasteiger partial charge in [-0.2, -0.15) is 0 Å². The Balaban J connectivity index is 1.66. The van der Waals surface area contributed by atoms with Gasteiger partial charge in [0.2, 0.25) is 0 Å². The van der Waals surface area contributed by atoms with E-state index in [0.717, 1.165) is 47.5 Å². The number of fused-ring (bicyclic) bond motifs is 1. The minimum Gasteiger partial charge on any atom is -0.481 e. The second-order valence-electron chi connectivity index (χ2n) is 5.61. The van der Waals surface area contributed by atoms with Crippen molar-refractivity contribution in [2.24, 2.45) is 5.92 Å². The summed E-state index contributed by atoms with van der Waals surface area (Å²) < 4.78 is 1.20. The summed E-state index contributed by atoms with van der Waals surface area (Å²) in [5.74, 6) is -0.865. The Morgan fingerprint density at radius 2 is 2.19 bits per heavy atom. The number of aliphatic carboxylic acids is 1. The first-order valence-corrected chi connectivity index (χ1v) is 8.46. The van der Waals surface area contributed by atoms with Crippen molar-refractivity contribution in [3.8, 4) is 0 Å². The predicted octanol–water partition coefficient (Wildman–Crippen LogP) is 4.29. The van der Waals surface area contributed by atoms with E-state index in [1.165, 1.54) is 4.70 Å². The lowest BCUT2D eigenvalue weighted by Crippen LogP contribution is -2.35. The molecule has 0 aliphatic heterocycles. The molecule has 1 aromatic heterocycles. The third-order valence-electron chi connectivity index (χ3n) is 4.18. The smallest absolute Gasteiger partial charge is 0.306 e. The average molecular weight is 324 g/mol. The zero-order valence-electron chi connectivity index (χ0n) is 11.6. The van der Waals surface area contributed by atoms with E-state index in [4.69, 9.17) is 16.7 Å². The number of hydrogen-bond donors (Lipinski definition) is 2. The maximum atomic E-state index is 11.1. The first-order valence-electron chi connectivity index (χ1n) is 7.27. The van der Waals surface area contributed by atoms with Crippen LogP contribution in [0.15, 0.2) is 24.3 Å². The molecule has 0 bridgehead atoms. The van der Waals surface area contributed by atoms with Crippen LogP contribution in [-0.4, -0.2) is 17.1 Å². The quantitative estimate of drug-likeness (QED) is 0.882. The van der Waals surface area contributed by atoms with Gasteiger partial charge in [-0.05, 0) is 25.3 Å². The number of carboxylic acids is 1. The van der Waals surface area contributed by atoms with Gasteiger partial charge >= 0.3 is 5.97 Å². The first kappa shape index (κ1) is 14.8. The molecule has 2 N–H and O–H groups in total. The fourth-order valence-electron chi connectivity index (χ4n) is 3.01. The second-order valence-corrected chi connectivity index (χ2v) is 7.13. The van der Waals surface area contributed by atoms with Gasteiger partial charge in [0.15, 0.2) is 0 Å². The van der Waals surface area contributed by atoms with Crippen LogP contribution < -0.4 is 5.32 Å². The monoisotopic (exact) mass is 323 g/mol. The Kier molecular flexibility index (Phi) is 4.48. The Bertz CT molecular complexity index is 655. The van der Waals surface area contributed by atoms with Crippen LogP contribution in [0.2, 0.25) is 5.02 Å². The summed E-state index contributed by atoms with van der Waals surface area (Å²) in [7, 11) is 0. The second kappa shape index (κ2) is 6.34. The van der Waals surface area contributed by atoms with E-state index in [-0.39, 0.29) is 12.0 Å². The molecular formula is C16H18ClNO2S. The molecule has 0 amide bonds. The van der Waals surface area contributed by atoms with E-state index in [1.807, 2.05) is 18.2 Å². The fourth-order valence-corrected chi connectivity index (χ4v) is 4.47. The maximum absolute atomic E-state index is 11.1. The molecule has 2 atom stereocenters. The predicted molar refractivity (Wildman–Crippen MR) is 87.1 cm³/mol. The number of thiophene rings is 1. The minimum atomic E-state index is -0.665. The Hall–Kier alpha value is -1.10. The number of halogens is 1. The molecule has 1 saturated carbocycles. The molecule has 2 unspecified atom stereocenters. The van der Waals surface area contributed by atoms with Crippen LogP contribution in [0, 0.1) is 5.92 Å². The van der Waals surface area contributed by atoms with Crippen LogP contribution >= 0.6 is 22.9 Å². The zero-order valence-corrected chi connectivity index (χ0v) is 13.2. The molecule has 1 aliphatic carbocycles. The molecule has 0 radical (unpaired) electrons. The molecule has 0 spiro atoms. The summed E-state index contributed by atoms with van der Waals surface area (Å²) in [5.41, 5.74) is 0. The molecule has 3 rings (SSSR count). The highest BCUT2D eigenvalue weighted by atomic mass is 35.5. The summed E-state index contributed by atoms with van der Waals surface area (Å²) >= 11 is 8.14. The van der Waals surface area contributed by atoms with Crippen molar-refractivity contribution < 1.29 is 9.90 Å². The third kappa shape index (κ3) is 3.23. The van der Waals surface area contributed by atoms with Gasteiger partial charge in [-0.3, -0.25) is 4.79 Å². The topological polar surface area (TPSA) is 49.3 Å². The molecule has 2 aromatic rings. The van der Waals surface area contributed by atoms with Crippen molar-refractivity contribution >= 4 is 39.0 Å². The van der Waals surface area contributed by atoms with E-state index in [1.54, 1.807) is 11.3 Å². The van der Waals surface area contributed by atoms with Crippen LogP contribution in [0.25, 0.3) is 10.1 Å². The van der Waals surface area contributed by atoms with Crippen molar-refractivity contribution in [2.75, 3.05) is 0 Å². The van der Waals surface area contributed by atoms with E-state index in [9.17, 15) is 4.79 Å². The Labute approximate surface area is 132 Å². The van der Waals surface area contributed by atoms with Gasteiger partial charge in [-0.1, -0.05) is 36.2 Å². The molecule has 0 saturated heterocycles. The van der Waals surface area contributed by atoms with Crippen molar-refractivity contribution in [3.05, 3.63) is 34.2 Å². The highest BCUT2D eigenvalue weighted by Crippen LogP contribution is 2.35. The molecule has 1 fully saturated rings. The summed E-state index contributed by atoms with van der Waals surface area (Å²) in [6, 6.07) is 8.41. The molecular weight excluding hydrogens is 306 g/mol. The van der Waals surface area contributed by atoms with Gasteiger partial charge in [-0.25, -0.2) is 0 Å². The van der Waals surface area contributed by atoms with E-state index in [0.29, 0.717) is 0 Å². The molecule has 1 aliphatic rings. The minimum absolute atomic E-state index is 0.200. The van der Waals surface area contributed by atoms with Crippen LogP contribution in [0.4, 0.5) is 0 Å². The van der Waals surface area contributed by atoms with E-state index >= 15 is 0 Å². The lowest BCUT2D eigenvalue weighted by Gasteiger charge is -2.27. The summed E-state index contributed by atoms with van der Waals surface area (Å²) in [5, 5.41) is 14.6. The maximum Gasteiger partial charge on any atom is 0.306 e. The van der Waals surface area contributed by atoms with Gasteiger partial charge in [0.05, 0.1) is 10.9 Å². The number of benzene rings is 1. The Morgan fingerprint density at radius 3 is 2.95 bits per heavy atom. The summed E-state index contributed by atoms with van der Waals surface area (Å²) in [6.45, 7) is 0.717. The molecule has 1 heterocycles. The lowest BCUT2D eigenvalue weighted by atomic mass is 9.86. The number of carbonyl (C=O) groups is 1. The van der Waals surface area contributed by atoms with Gasteiger partial charge in [0, 0.05) is 27.5 Å². The zero-order chi connectivity index (χ0) is 14.8. The van der Waals surface area contributed by atoms with Gasteiger partial charge in [0.1, 0.15) is 0 Å². The van der Waals surface area contributed by atoms with Gasteiger partial charge in [-0.15, -0.1) is 11.3 Å². The van der Waals surface area contributed by atoms with Crippen molar-refractivity contribution in [1.82, 2.24) is 5.32 Å². The fraction of sp³-hybridized carbons (Fsp3) is 0.438. The summed E-state index contributed by atoms with van der Waals surface area (Å²) in [6.07, 6.45) is 3.55. The van der Waals surface area contributed by atoms with E-state index < -0.39 is 5.97 Å². The molecule has 5 heteroatoms. The largest absolute Gasteiger partial charge is 0.481 e. The molecule has 3 nitrogen and oxygen atoms in total. The van der Waals surface area contributed by atoms with Crippen molar-refractivity contribution in [3.63, 3.8) is 0 Å². The number of nitrogens with one attached hydrogen (secondary N) is 1. The summed E-state index contributed by atoms with van der Waals surface area (Å²) in [4.78, 5) is 12.2. The van der Waals surface area contributed by atoms with Crippen LogP contribution in [-0.2, 0) is 11.3 Å². The highest BCUT2D eigenvalue weighted by Gasteiger charge is 2.26.